The lowest BCUT2D eigenvalue weighted by Gasteiger charge is -2.27. The van der Waals surface area contributed by atoms with Crippen molar-refractivity contribution in [2.24, 2.45) is 0 Å². The van der Waals surface area contributed by atoms with Gasteiger partial charge in [0.15, 0.2) is 0 Å². The van der Waals surface area contributed by atoms with Crippen LogP contribution < -0.4 is 21.5 Å². The third-order valence-electron chi connectivity index (χ3n) is 5.71. The Balaban J connectivity index is 1.40. The molecule has 3 aromatic rings. The average molecular weight is 580 g/mol. The van der Waals surface area contributed by atoms with Crippen LogP contribution in [-0.2, 0) is 22.3 Å². The van der Waals surface area contributed by atoms with E-state index in [0.717, 1.165) is 12.1 Å². The summed E-state index contributed by atoms with van der Waals surface area (Å²) in [5.74, 6) is -1.11. The van der Waals surface area contributed by atoms with Gasteiger partial charge in [0.05, 0.1) is 29.6 Å². The number of H-pyrrole nitrogens is 1. The summed E-state index contributed by atoms with van der Waals surface area (Å²) in [4.78, 5) is 37.1. The first-order chi connectivity index (χ1) is 17.6. The Hall–Kier alpha value is -3.71. The highest BCUT2D eigenvalue weighted by atomic mass is 79.9. The average Bonchev–Trinajstić information content (AvgIpc) is 3.33. The smallest absolute Gasteiger partial charge is 0.378 e. The SMILES string of the molecule is O=C(NC1(C(=O)NCc2ccc(Nc3ccc(Br)cc3C(F)(F)F)cc2)CCOC1)c1cn[nH]c(=O)c1. The minimum absolute atomic E-state index is 0.00497. The Bertz CT molecular complexity index is 1360. The molecule has 1 unspecified atom stereocenters. The molecule has 194 valence electrons. The molecule has 2 amide bonds. The number of amides is 2. The van der Waals surface area contributed by atoms with Gasteiger partial charge in [-0.05, 0) is 35.9 Å². The van der Waals surface area contributed by atoms with Crippen molar-refractivity contribution >= 4 is 39.1 Å². The Labute approximate surface area is 216 Å². The molecule has 9 nitrogen and oxygen atoms in total. The van der Waals surface area contributed by atoms with Crippen LogP contribution in [0.3, 0.4) is 0 Å². The largest absolute Gasteiger partial charge is 0.418 e. The number of benzene rings is 2. The number of alkyl halides is 3. The molecule has 2 heterocycles. The van der Waals surface area contributed by atoms with E-state index in [1.807, 2.05) is 0 Å². The third-order valence-corrected chi connectivity index (χ3v) is 6.20. The molecule has 1 saturated heterocycles. The van der Waals surface area contributed by atoms with Gasteiger partial charge in [-0.2, -0.15) is 18.3 Å². The molecule has 0 aliphatic carbocycles. The van der Waals surface area contributed by atoms with Crippen molar-refractivity contribution in [1.82, 2.24) is 20.8 Å². The minimum Gasteiger partial charge on any atom is -0.378 e. The highest BCUT2D eigenvalue weighted by Crippen LogP contribution is 2.37. The second-order valence-electron chi connectivity index (χ2n) is 8.37. The number of carbonyl (C=O) groups is 2. The lowest BCUT2D eigenvalue weighted by atomic mass is 9.96. The monoisotopic (exact) mass is 579 g/mol. The van der Waals surface area contributed by atoms with Crippen LogP contribution in [0.5, 0.6) is 0 Å². The zero-order chi connectivity index (χ0) is 26.6. The van der Waals surface area contributed by atoms with Crippen molar-refractivity contribution in [2.75, 3.05) is 18.5 Å². The molecule has 1 fully saturated rings. The number of halogens is 4. The fourth-order valence-electron chi connectivity index (χ4n) is 3.76. The maximum absolute atomic E-state index is 13.4. The lowest BCUT2D eigenvalue weighted by molar-refractivity contribution is -0.137. The molecule has 4 rings (SSSR count). The molecule has 1 aliphatic heterocycles. The van der Waals surface area contributed by atoms with Crippen molar-refractivity contribution < 1.29 is 27.5 Å². The van der Waals surface area contributed by atoms with Gasteiger partial charge < -0.3 is 20.7 Å². The van der Waals surface area contributed by atoms with E-state index < -0.39 is 34.7 Å². The van der Waals surface area contributed by atoms with Gasteiger partial charge in [0.2, 0.25) is 5.91 Å². The maximum Gasteiger partial charge on any atom is 0.418 e. The van der Waals surface area contributed by atoms with E-state index in [9.17, 15) is 27.6 Å². The number of hydrogen-bond donors (Lipinski definition) is 4. The number of aromatic nitrogens is 2. The van der Waals surface area contributed by atoms with Crippen LogP contribution in [0.4, 0.5) is 24.5 Å². The normalized spacial score (nSPS) is 17.3. The first kappa shape index (κ1) is 26.4. The molecule has 0 bridgehead atoms. The third kappa shape index (κ3) is 6.35. The fourth-order valence-corrected chi connectivity index (χ4v) is 4.12. The molecule has 0 radical (unpaired) electrons. The summed E-state index contributed by atoms with van der Waals surface area (Å²) in [5, 5.41) is 13.9. The second kappa shape index (κ2) is 10.7. The van der Waals surface area contributed by atoms with Crippen LogP contribution in [0.2, 0.25) is 0 Å². The van der Waals surface area contributed by atoms with E-state index in [1.165, 1.54) is 18.3 Å². The van der Waals surface area contributed by atoms with Crippen LogP contribution >= 0.6 is 15.9 Å². The number of nitrogens with one attached hydrogen (secondary N) is 4. The second-order valence-corrected chi connectivity index (χ2v) is 9.28. The molecule has 4 N–H and O–H groups in total. The molecule has 1 aliphatic rings. The Morgan fingerprint density at radius 1 is 1.14 bits per heavy atom. The standard InChI is InChI=1S/C24H21BrF3N5O4/c25-16-3-6-19(18(10-16)24(26,27)28)31-17-4-1-14(2-5-17)11-29-22(36)23(7-8-37-13-23)32-21(35)15-9-20(34)33-30-12-15/h1-6,9-10,12,31H,7-8,11,13H2,(H,29,36)(H,32,35)(H,33,34). The number of nitrogens with zero attached hydrogens (tertiary/aromatic N) is 1. The zero-order valence-electron chi connectivity index (χ0n) is 19.1. The first-order valence-corrected chi connectivity index (χ1v) is 11.8. The summed E-state index contributed by atoms with van der Waals surface area (Å²) in [6.45, 7) is 0.325. The summed E-state index contributed by atoms with van der Waals surface area (Å²) >= 11 is 3.06. The number of rotatable bonds is 7. The van der Waals surface area contributed by atoms with Crippen molar-refractivity contribution in [1.29, 1.82) is 0 Å². The Kier molecular flexibility index (Phi) is 7.64. The minimum atomic E-state index is -4.53. The summed E-state index contributed by atoms with van der Waals surface area (Å²) in [6, 6.07) is 11.4. The quantitative estimate of drug-likeness (QED) is 0.339. The maximum atomic E-state index is 13.4. The highest BCUT2D eigenvalue weighted by molar-refractivity contribution is 9.10. The van der Waals surface area contributed by atoms with Crippen LogP contribution in [0.15, 0.2) is 64.0 Å². The molecule has 1 aromatic heterocycles. The molecule has 13 heteroatoms. The van der Waals surface area contributed by atoms with E-state index in [1.54, 1.807) is 24.3 Å². The lowest BCUT2D eigenvalue weighted by Crippen LogP contribution is -2.59. The van der Waals surface area contributed by atoms with Crippen LogP contribution in [-0.4, -0.2) is 40.8 Å². The summed E-state index contributed by atoms with van der Waals surface area (Å²) in [7, 11) is 0. The number of ether oxygens (including phenoxy) is 1. The number of aromatic amines is 1. The predicted molar refractivity (Wildman–Crippen MR) is 131 cm³/mol. The van der Waals surface area contributed by atoms with Crippen molar-refractivity contribution in [3.8, 4) is 0 Å². The van der Waals surface area contributed by atoms with Crippen molar-refractivity contribution in [2.45, 2.75) is 24.7 Å². The van der Waals surface area contributed by atoms with Gasteiger partial charge in [-0.25, -0.2) is 5.10 Å². The Morgan fingerprint density at radius 2 is 1.89 bits per heavy atom. The van der Waals surface area contributed by atoms with Crippen LogP contribution in [0.25, 0.3) is 0 Å². The molecule has 0 saturated carbocycles. The molecule has 37 heavy (non-hydrogen) atoms. The number of hydrogen-bond acceptors (Lipinski definition) is 6. The van der Waals surface area contributed by atoms with Crippen molar-refractivity contribution in [3.63, 3.8) is 0 Å². The van der Waals surface area contributed by atoms with Gasteiger partial charge in [-0.3, -0.25) is 14.4 Å². The van der Waals surface area contributed by atoms with Gasteiger partial charge in [0.1, 0.15) is 5.54 Å². The van der Waals surface area contributed by atoms with Crippen molar-refractivity contribution in [3.05, 3.63) is 86.2 Å². The van der Waals surface area contributed by atoms with E-state index >= 15 is 0 Å². The molecule has 2 aromatic carbocycles. The summed E-state index contributed by atoms with van der Waals surface area (Å²) in [5.41, 5.74) is -1.65. The number of carbonyl (C=O) groups excluding carboxylic acids is 2. The number of anilines is 2. The van der Waals surface area contributed by atoms with E-state index in [4.69, 9.17) is 4.74 Å². The van der Waals surface area contributed by atoms with Gasteiger partial charge in [0, 0.05) is 35.8 Å². The summed E-state index contributed by atoms with van der Waals surface area (Å²) < 4.78 is 45.8. The van der Waals surface area contributed by atoms with Crippen LogP contribution in [0.1, 0.15) is 27.9 Å². The van der Waals surface area contributed by atoms with E-state index in [2.05, 4.69) is 42.1 Å². The molecule has 0 spiro atoms. The zero-order valence-corrected chi connectivity index (χ0v) is 20.7. The Morgan fingerprint density at radius 3 is 2.54 bits per heavy atom. The fraction of sp³-hybridized carbons (Fsp3) is 0.250. The first-order valence-electron chi connectivity index (χ1n) is 11.0. The van der Waals surface area contributed by atoms with Gasteiger partial charge in [0.25, 0.3) is 11.5 Å². The van der Waals surface area contributed by atoms with Gasteiger partial charge in [-0.15, -0.1) is 0 Å². The van der Waals surface area contributed by atoms with E-state index in [-0.39, 0.29) is 37.4 Å². The predicted octanol–water partition coefficient (Wildman–Crippen LogP) is 3.50. The van der Waals surface area contributed by atoms with E-state index in [0.29, 0.717) is 15.7 Å². The van der Waals surface area contributed by atoms with Gasteiger partial charge >= 0.3 is 6.18 Å². The highest BCUT2D eigenvalue weighted by Gasteiger charge is 2.43. The molecular formula is C24H21BrF3N5O4. The van der Waals surface area contributed by atoms with Gasteiger partial charge in [-0.1, -0.05) is 28.1 Å². The summed E-state index contributed by atoms with van der Waals surface area (Å²) in [6.07, 6.45) is -3.11. The molecule has 1 atom stereocenters. The molecular weight excluding hydrogens is 559 g/mol. The van der Waals surface area contributed by atoms with Crippen LogP contribution in [0, 0.1) is 0 Å². The topological polar surface area (TPSA) is 125 Å².